The Morgan fingerprint density at radius 3 is 2.13 bits per heavy atom. The Balaban J connectivity index is 1.63. The zero-order valence-electron chi connectivity index (χ0n) is 24.3. The van der Waals surface area contributed by atoms with Crippen molar-refractivity contribution in [1.82, 2.24) is 10.3 Å². The molecule has 1 aliphatic rings. The minimum Gasteiger partial charge on any atom is -0.373 e. The van der Waals surface area contributed by atoms with Gasteiger partial charge in [-0.3, -0.25) is 4.98 Å². The lowest BCUT2D eigenvalue weighted by Gasteiger charge is -2.35. The molecule has 1 aliphatic carbocycles. The maximum atomic E-state index is 5.31. The lowest BCUT2D eigenvalue weighted by molar-refractivity contribution is 0.426. The molecule has 2 atom stereocenters. The highest BCUT2D eigenvalue weighted by Gasteiger charge is 2.29. The first-order valence-corrected chi connectivity index (χ1v) is 14.5. The minimum atomic E-state index is -0.0531. The van der Waals surface area contributed by atoms with Crippen LogP contribution in [0.1, 0.15) is 65.3 Å². The van der Waals surface area contributed by atoms with E-state index in [0.29, 0.717) is 23.7 Å². The topological polar surface area (TPSA) is 24.9 Å². The second-order valence-electron chi connectivity index (χ2n) is 11.9. The van der Waals surface area contributed by atoms with Gasteiger partial charge in [-0.05, 0) is 69.7 Å². The third kappa shape index (κ3) is 5.71. The van der Waals surface area contributed by atoms with E-state index in [1.54, 1.807) is 0 Å². The molecule has 0 saturated heterocycles. The molecule has 0 aliphatic heterocycles. The summed E-state index contributed by atoms with van der Waals surface area (Å²) >= 11 is 0. The zero-order valence-corrected chi connectivity index (χ0v) is 24.3. The fraction of sp³-hybridized carbons (Fsp3) is 0.324. The summed E-state index contributed by atoms with van der Waals surface area (Å²) in [5.41, 5.74) is 8.74. The molecule has 0 saturated carbocycles. The summed E-state index contributed by atoms with van der Waals surface area (Å²) in [4.78, 5) is 5.31. The van der Waals surface area contributed by atoms with Gasteiger partial charge >= 0.3 is 0 Å². The third-order valence-electron chi connectivity index (χ3n) is 8.19. The number of benzene rings is 3. The monoisotopic (exact) mass is 514 g/mol. The average molecular weight is 515 g/mol. The van der Waals surface area contributed by atoms with E-state index in [1.165, 1.54) is 38.7 Å². The van der Waals surface area contributed by atoms with Crippen molar-refractivity contribution < 1.29 is 0 Å². The molecule has 1 heterocycles. The van der Waals surface area contributed by atoms with Crippen molar-refractivity contribution in [3.8, 4) is 11.3 Å². The minimum absolute atomic E-state index is 0.0531. The summed E-state index contributed by atoms with van der Waals surface area (Å²) in [6.07, 6.45) is 3.66. The number of nitrogens with zero attached hydrogens (tertiary/aromatic N) is 1. The number of aromatic nitrogens is 1. The number of nitrogens with one attached hydrogen (secondary N) is 1. The molecule has 0 bridgehead atoms. The van der Waals surface area contributed by atoms with Crippen LogP contribution in [0.2, 0.25) is 0 Å². The SMILES string of the molecule is CC(C)C1=CC(C(C)C)CC(C(C)C)=C1NC(c1ccccc1)c1cccc(-c2cccc3ccccc23)n1. The largest absolute Gasteiger partial charge is 0.373 e. The highest BCUT2D eigenvalue weighted by molar-refractivity contribution is 5.95. The molecule has 2 nitrogen and oxygen atoms in total. The smallest absolute Gasteiger partial charge is 0.0940 e. The van der Waals surface area contributed by atoms with Gasteiger partial charge in [0.15, 0.2) is 0 Å². The first-order chi connectivity index (χ1) is 18.8. The highest BCUT2D eigenvalue weighted by atomic mass is 15.0. The van der Waals surface area contributed by atoms with Gasteiger partial charge in [0.25, 0.3) is 0 Å². The molecule has 2 unspecified atom stereocenters. The van der Waals surface area contributed by atoms with E-state index in [1.807, 2.05) is 0 Å². The molecule has 0 amide bonds. The Hall–Kier alpha value is -3.65. The normalized spacial score (nSPS) is 16.7. The van der Waals surface area contributed by atoms with Gasteiger partial charge < -0.3 is 5.32 Å². The third-order valence-corrected chi connectivity index (χ3v) is 8.19. The van der Waals surface area contributed by atoms with Gasteiger partial charge in [0, 0.05) is 11.3 Å². The van der Waals surface area contributed by atoms with Crippen molar-refractivity contribution >= 4 is 10.8 Å². The summed E-state index contributed by atoms with van der Waals surface area (Å²) in [5, 5.41) is 6.54. The Morgan fingerprint density at radius 1 is 0.718 bits per heavy atom. The second kappa shape index (κ2) is 11.6. The van der Waals surface area contributed by atoms with Crippen molar-refractivity contribution in [2.24, 2.45) is 23.7 Å². The van der Waals surface area contributed by atoms with Crippen LogP contribution in [0.4, 0.5) is 0 Å². The van der Waals surface area contributed by atoms with Gasteiger partial charge in [-0.15, -0.1) is 0 Å². The van der Waals surface area contributed by atoms with E-state index in [0.717, 1.165) is 17.8 Å². The highest BCUT2D eigenvalue weighted by Crippen LogP contribution is 2.40. The van der Waals surface area contributed by atoms with Crippen molar-refractivity contribution in [2.75, 3.05) is 0 Å². The van der Waals surface area contributed by atoms with Gasteiger partial charge in [-0.2, -0.15) is 0 Å². The van der Waals surface area contributed by atoms with Crippen LogP contribution < -0.4 is 5.32 Å². The standard InChI is InChI=1S/C37H42N2/c1-24(2)29-22-32(25(3)4)37(33(23-29)26(5)6)39-36(28-15-8-7-9-16-28)35-21-13-20-34(38-35)31-19-12-17-27-14-10-11-18-30(27)31/h7-22,24-26,29,36,39H,23H2,1-6H3. The summed E-state index contributed by atoms with van der Waals surface area (Å²) in [5.74, 6) is 2.11. The summed E-state index contributed by atoms with van der Waals surface area (Å²) in [7, 11) is 0. The second-order valence-corrected chi connectivity index (χ2v) is 11.9. The maximum absolute atomic E-state index is 5.31. The molecule has 0 spiro atoms. The van der Waals surface area contributed by atoms with Crippen LogP contribution >= 0.6 is 0 Å². The fourth-order valence-electron chi connectivity index (χ4n) is 5.85. The Kier molecular flexibility index (Phi) is 8.02. The van der Waals surface area contributed by atoms with Crippen LogP contribution in [0, 0.1) is 23.7 Å². The Labute approximate surface area is 234 Å². The van der Waals surface area contributed by atoms with Gasteiger partial charge in [0.05, 0.1) is 17.4 Å². The van der Waals surface area contributed by atoms with Gasteiger partial charge in [-0.1, -0.05) is 126 Å². The molecular weight excluding hydrogens is 472 g/mol. The molecule has 5 rings (SSSR count). The number of hydrogen-bond donors (Lipinski definition) is 1. The molecule has 0 radical (unpaired) electrons. The van der Waals surface area contributed by atoms with E-state index in [9.17, 15) is 0 Å². The van der Waals surface area contributed by atoms with Crippen molar-refractivity contribution in [3.63, 3.8) is 0 Å². The van der Waals surface area contributed by atoms with Crippen LogP contribution in [0.15, 0.2) is 114 Å². The van der Waals surface area contributed by atoms with Crippen LogP contribution in [0.3, 0.4) is 0 Å². The first-order valence-electron chi connectivity index (χ1n) is 14.5. The number of hydrogen-bond acceptors (Lipinski definition) is 2. The predicted molar refractivity (Wildman–Crippen MR) is 166 cm³/mol. The molecule has 200 valence electrons. The van der Waals surface area contributed by atoms with Gasteiger partial charge in [0.2, 0.25) is 0 Å². The predicted octanol–water partition coefficient (Wildman–Crippen LogP) is 9.75. The number of pyridine rings is 1. The molecule has 2 heteroatoms. The average Bonchev–Trinajstić information content (AvgIpc) is 2.95. The summed E-state index contributed by atoms with van der Waals surface area (Å²) in [6.45, 7) is 14.0. The van der Waals surface area contributed by atoms with Crippen molar-refractivity contribution in [2.45, 2.75) is 54.0 Å². The Morgan fingerprint density at radius 2 is 1.41 bits per heavy atom. The van der Waals surface area contributed by atoms with Crippen LogP contribution in [-0.2, 0) is 0 Å². The number of fused-ring (bicyclic) bond motifs is 1. The van der Waals surface area contributed by atoms with E-state index in [4.69, 9.17) is 4.98 Å². The lowest BCUT2D eigenvalue weighted by Crippen LogP contribution is -2.30. The molecule has 4 aromatic rings. The van der Waals surface area contributed by atoms with Gasteiger partial charge in [-0.25, -0.2) is 0 Å². The Bertz CT molecular complexity index is 1490. The van der Waals surface area contributed by atoms with Crippen molar-refractivity contribution in [3.05, 3.63) is 125 Å². The summed E-state index contributed by atoms with van der Waals surface area (Å²) < 4.78 is 0. The molecule has 3 aromatic carbocycles. The molecule has 1 N–H and O–H groups in total. The summed E-state index contributed by atoms with van der Waals surface area (Å²) in [6, 6.07) is 32.3. The molecule has 1 aromatic heterocycles. The quantitative estimate of drug-likeness (QED) is 0.253. The number of rotatable bonds is 8. The lowest BCUT2D eigenvalue weighted by atomic mass is 9.76. The van der Waals surface area contributed by atoms with E-state index in [2.05, 4.69) is 144 Å². The van der Waals surface area contributed by atoms with Crippen LogP contribution in [-0.4, -0.2) is 4.98 Å². The van der Waals surface area contributed by atoms with Crippen LogP contribution in [0.5, 0.6) is 0 Å². The van der Waals surface area contributed by atoms with Crippen molar-refractivity contribution in [1.29, 1.82) is 0 Å². The maximum Gasteiger partial charge on any atom is 0.0940 e. The van der Waals surface area contributed by atoms with E-state index < -0.39 is 0 Å². The zero-order chi connectivity index (χ0) is 27.5. The molecule has 39 heavy (non-hydrogen) atoms. The van der Waals surface area contributed by atoms with E-state index in [-0.39, 0.29) is 6.04 Å². The molecular formula is C37H42N2. The fourth-order valence-corrected chi connectivity index (χ4v) is 5.85. The van der Waals surface area contributed by atoms with Crippen LogP contribution in [0.25, 0.3) is 22.0 Å². The van der Waals surface area contributed by atoms with E-state index >= 15 is 0 Å². The van der Waals surface area contributed by atoms with Gasteiger partial charge in [0.1, 0.15) is 0 Å². The first kappa shape index (κ1) is 26.9. The number of allylic oxidation sites excluding steroid dienone is 3. The molecule has 0 fully saturated rings.